The molecule has 0 bridgehead atoms. The average Bonchev–Trinajstić information content (AvgIpc) is 2.79. The number of thioether (sulfide) groups is 1. The molecule has 0 saturated carbocycles. The lowest BCUT2D eigenvalue weighted by Crippen LogP contribution is -2.30. The fourth-order valence-corrected chi connectivity index (χ4v) is 4.30. The molecule has 0 saturated heterocycles. The highest BCUT2D eigenvalue weighted by Crippen LogP contribution is 2.23. The Hall–Kier alpha value is -2.70. The Bertz CT molecular complexity index is 1110. The second-order valence-corrected chi connectivity index (χ2v) is 10.3. The smallest absolute Gasteiger partial charge is 0.193 e. The maximum absolute atomic E-state index is 13.6. The van der Waals surface area contributed by atoms with E-state index < -0.39 is 0 Å². The summed E-state index contributed by atoms with van der Waals surface area (Å²) in [7, 11) is 0. The zero-order valence-electron chi connectivity index (χ0n) is 19.2. The molecule has 33 heavy (non-hydrogen) atoms. The summed E-state index contributed by atoms with van der Waals surface area (Å²) in [4.78, 5) is 12.9. The van der Waals surface area contributed by atoms with Crippen molar-refractivity contribution in [2.75, 3.05) is 17.6 Å². The first-order valence-corrected chi connectivity index (χ1v) is 12.4. The number of hydrogen-bond acceptors (Lipinski definition) is 3. The molecule has 0 aliphatic rings. The first kappa shape index (κ1) is 24.9. The summed E-state index contributed by atoms with van der Waals surface area (Å²) in [5.41, 5.74) is 3.96. The molecule has 0 aromatic heterocycles. The van der Waals surface area contributed by atoms with Crippen LogP contribution in [0, 0.1) is 5.82 Å². The third-order valence-electron chi connectivity index (χ3n) is 5.14. The molecule has 3 rings (SSSR count). The molecule has 0 heterocycles. The summed E-state index contributed by atoms with van der Waals surface area (Å²) in [6.45, 7) is 7.11. The van der Waals surface area contributed by atoms with E-state index >= 15 is 0 Å². The number of anilines is 1. The molecular weight excluding hydrogens is 451 g/mol. The maximum atomic E-state index is 13.6. The van der Waals surface area contributed by atoms with E-state index in [9.17, 15) is 9.18 Å². The number of carbonyl (C=O) groups is 1. The molecule has 3 aromatic carbocycles. The molecule has 6 heteroatoms. The van der Waals surface area contributed by atoms with Crippen LogP contribution in [0.2, 0.25) is 0 Å². The van der Waals surface area contributed by atoms with E-state index in [4.69, 9.17) is 12.2 Å². The van der Waals surface area contributed by atoms with E-state index in [-0.39, 0.29) is 17.0 Å². The highest BCUT2D eigenvalue weighted by atomic mass is 32.2. The Balaban J connectivity index is 1.49. The van der Waals surface area contributed by atoms with Gasteiger partial charge in [-0.3, -0.25) is 4.79 Å². The van der Waals surface area contributed by atoms with E-state index in [1.54, 1.807) is 36.0 Å². The zero-order valence-corrected chi connectivity index (χ0v) is 20.8. The van der Waals surface area contributed by atoms with Gasteiger partial charge >= 0.3 is 0 Å². The zero-order chi connectivity index (χ0) is 23.8. The number of benzene rings is 3. The fraction of sp³-hybridized carbons (Fsp3) is 0.259. The monoisotopic (exact) mass is 480 g/mol. The molecule has 3 aromatic rings. The Morgan fingerprint density at radius 1 is 0.970 bits per heavy atom. The van der Waals surface area contributed by atoms with Crippen molar-refractivity contribution in [3.63, 3.8) is 0 Å². The van der Waals surface area contributed by atoms with Crippen molar-refractivity contribution in [3.05, 3.63) is 101 Å². The molecule has 0 atom stereocenters. The maximum Gasteiger partial charge on any atom is 0.193 e. The summed E-state index contributed by atoms with van der Waals surface area (Å²) in [6.07, 6.45) is 0. The second-order valence-electron chi connectivity index (χ2n) is 8.76. The van der Waals surface area contributed by atoms with E-state index in [1.807, 2.05) is 42.5 Å². The van der Waals surface area contributed by atoms with Gasteiger partial charge in [-0.05, 0) is 47.0 Å². The topological polar surface area (TPSA) is 41.1 Å². The number of rotatable bonds is 8. The second kappa shape index (κ2) is 11.4. The SMILES string of the molecule is CC(C)(C)c1ccc(C(=O)c2cccc(NC(=S)NCCSCc3ccccc3F)c2)cc1. The Labute approximate surface area is 205 Å². The van der Waals surface area contributed by atoms with Crippen LogP contribution in [-0.4, -0.2) is 23.2 Å². The van der Waals surface area contributed by atoms with Crippen LogP contribution in [0.4, 0.5) is 10.1 Å². The van der Waals surface area contributed by atoms with Crippen molar-refractivity contribution in [2.24, 2.45) is 0 Å². The van der Waals surface area contributed by atoms with Gasteiger partial charge in [-0.15, -0.1) is 0 Å². The van der Waals surface area contributed by atoms with Crippen molar-refractivity contribution in [2.45, 2.75) is 31.9 Å². The molecule has 3 nitrogen and oxygen atoms in total. The van der Waals surface area contributed by atoms with Gasteiger partial charge in [0.15, 0.2) is 10.9 Å². The van der Waals surface area contributed by atoms with Crippen molar-refractivity contribution < 1.29 is 9.18 Å². The molecule has 2 N–H and O–H groups in total. The standard InChI is InChI=1S/C27H29FN2OS2/c1-27(2,3)22-13-11-19(12-14-22)25(31)20-8-6-9-23(17-20)30-26(32)29-15-16-33-18-21-7-4-5-10-24(21)28/h4-14,17H,15-16,18H2,1-3H3,(H2,29,30,32). The van der Waals surface area contributed by atoms with Gasteiger partial charge in [0.2, 0.25) is 0 Å². The van der Waals surface area contributed by atoms with E-state index in [0.717, 1.165) is 11.4 Å². The van der Waals surface area contributed by atoms with Crippen molar-refractivity contribution >= 4 is 40.6 Å². The molecule has 0 aliphatic heterocycles. The van der Waals surface area contributed by atoms with Gasteiger partial charge in [-0.1, -0.05) is 75.4 Å². The van der Waals surface area contributed by atoms with Gasteiger partial charge in [-0.2, -0.15) is 11.8 Å². The van der Waals surface area contributed by atoms with Crippen LogP contribution in [0.25, 0.3) is 0 Å². The molecule has 0 spiro atoms. The third-order valence-corrected chi connectivity index (χ3v) is 6.40. The molecule has 0 fully saturated rings. The third kappa shape index (κ3) is 7.41. The van der Waals surface area contributed by atoms with Gasteiger partial charge in [0.25, 0.3) is 0 Å². The van der Waals surface area contributed by atoms with Gasteiger partial charge in [0, 0.05) is 34.9 Å². The van der Waals surface area contributed by atoms with Crippen LogP contribution in [0.15, 0.2) is 72.8 Å². The van der Waals surface area contributed by atoms with Gasteiger partial charge in [0.1, 0.15) is 5.82 Å². The van der Waals surface area contributed by atoms with E-state index in [0.29, 0.717) is 34.1 Å². The minimum absolute atomic E-state index is 0.0254. The summed E-state index contributed by atoms with van der Waals surface area (Å²) in [5.74, 6) is 1.21. The number of thiocarbonyl (C=S) groups is 1. The highest BCUT2D eigenvalue weighted by molar-refractivity contribution is 7.98. The van der Waals surface area contributed by atoms with Crippen LogP contribution in [-0.2, 0) is 11.2 Å². The summed E-state index contributed by atoms with van der Waals surface area (Å²) >= 11 is 7.02. The number of hydrogen-bond donors (Lipinski definition) is 2. The minimum Gasteiger partial charge on any atom is -0.362 e. The predicted molar refractivity (Wildman–Crippen MR) is 142 cm³/mol. The number of ketones is 1. The Morgan fingerprint density at radius 2 is 1.70 bits per heavy atom. The number of carbonyl (C=O) groups excluding carboxylic acids is 1. The highest BCUT2D eigenvalue weighted by Gasteiger charge is 2.15. The molecule has 0 unspecified atom stereocenters. The lowest BCUT2D eigenvalue weighted by molar-refractivity contribution is 0.103. The lowest BCUT2D eigenvalue weighted by atomic mass is 9.86. The van der Waals surface area contributed by atoms with E-state index in [1.165, 1.54) is 11.6 Å². The number of nitrogens with one attached hydrogen (secondary N) is 2. The lowest BCUT2D eigenvalue weighted by Gasteiger charge is -2.19. The van der Waals surface area contributed by atoms with Crippen molar-refractivity contribution in [1.29, 1.82) is 0 Å². The van der Waals surface area contributed by atoms with Gasteiger partial charge in [0.05, 0.1) is 0 Å². The summed E-state index contributed by atoms with van der Waals surface area (Å²) < 4.78 is 13.6. The first-order valence-electron chi connectivity index (χ1n) is 10.9. The summed E-state index contributed by atoms with van der Waals surface area (Å²) in [6, 6.07) is 21.9. The molecule has 0 radical (unpaired) electrons. The molecular formula is C27H29FN2OS2. The summed E-state index contributed by atoms with van der Waals surface area (Å²) in [5, 5.41) is 6.77. The van der Waals surface area contributed by atoms with Crippen molar-refractivity contribution in [1.82, 2.24) is 5.32 Å². The minimum atomic E-state index is -0.172. The van der Waals surface area contributed by atoms with Crippen LogP contribution < -0.4 is 10.6 Å². The number of halogens is 1. The Kier molecular flexibility index (Phi) is 8.64. The normalized spacial score (nSPS) is 11.2. The fourth-order valence-electron chi connectivity index (χ4n) is 3.24. The van der Waals surface area contributed by atoms with E-state index in [2.05, 4.69) is 31.4 Å². The first-order chi connectivity index (χ1) is 15.7. The molecule has 172 valence electrons. The largest absolute Gasteiger partial charge is 0.362 e. The predicted octanol–water partition coefficient (Wildman–Crippen LogP) is 6.57. The molecule has 0 aliphatic carbocycles. The van der Waals surface area contributed by atoms with Crippen LogP contribution in [0.5, 0.6) is 0 Å². The quantitative estimate of drug-likeness (QED) is 0.217. The molecule has 0 amide bonds. The van der Waals surface area contributed by atoms with Crippen LogP contribution >= 0.6 is 24.0 Å². The van der Waals surface area contributed by atoms with Gasteiger partial charge < -0.3 is 10.6 Å². The van der Waals surface area contributed by atoms with Crippen LogP contribution in [0.3, 0.4) is 0 Å². The van der Waals surface area contributed by atoms with Crippen LogP contribution in [0.1, 0.15) is 47.8 Å². The van der Waals surface area contributed by atoms with Gasteiger partial charge in [-0.25, -0.2) is 4.39 Å². The Morgan fingerprint density at radius 3 is 2.39 bits per heavy atom. The average molecular weight is 481 g/mol. The van der Waals surface area contributed by atoms with Crippen molar-refractivity contribution in [3.8, 4) is 0 Å².